The Hall–Kier alpha value is -0.380. The van der Waals surface area contributed by atoms with E-state index in [0.717, 1.165) is 19.3 Å². The third-order valence-electron chi connectivity index (χ3n) is 2.98. The number of hydrogen-bond acceptors (Lipinski definition) is 2. The predicted octanol–water partition coefficient (Wildman–Crippen LogP) is 1.99. The van der Waals surface area contributed by atoms with E-state index < -0.39 is 5.92 Å². The van der Waals surface area contributed by atoms with Crippen LogP contribution in [0.4, 0.5) is 0 Å². The Bertz CT molecular complexity index is 251. The van der Waals surface area contributed by atoms with Crippen LogP contribution in [0.15, 0.2) is 0 Å². The molecule has 2 atom stereocenters. The van der Waals surface area contributed by atoms with Gasteiger partial charge in [0.2, 0.25) is 5.91 Å². The number of hydrogen-bond donors (Lipinski definition) is 0. The van der Waals surface area contributed by atoms with Crippen molar-refractivity contribution in [3.05, 3.63) is 0 Å². The minimum absolute atomic E-state index is 0.00847. The Morgan fingerprint density at radius 2 is 2.00 bits per heavy atom. The average molecular weight is 276 g/mol. The van der Waals surface area contributed by atoms with Crippen LogP contribution in [0.3, 0.4) is 0 Å². The second kappa shape index (κ2) is 5.64. The summed E-state index contributed by atoms with van der Waals surface area (Å²) in [6.07, 6.45) is 2.54. The SMILES string of the molecule is CCN(CC)C(=O)[C@H]1CCC[C@H](Br)C1=O. The Kier molecular flexibility index (Phi) is 4.77. The Morgan fingerprint density at radius 3 is 2.53 bits per heavy atom. The van der Waals surface area contributed by atoms with Crippen LogP contribution in [-0.4, -0.2) is 34.5 Å². The smallest absolute Gasteiger partial charge is 0.233 e. The van der Waals surface area contributed by atoms with Crippen LogP contribution < -0.4 is 0 Å². The molecule has 86 valence electrons. The largest absolute Gasteiger partial charge is 0.343 e. The van der Waals surface area contributed by atoms with Crippen LogP contribution in [0.25, 0.3) is 0 Å². The number of halogens is 1. The number of carbonyl (C=O) groups excluding carboxylic acids is 2. The zero-order valence-electron chi connectivity index (χ0n) is 9.33. The van der Waals surface area contributed by atoms with Crippen LogP contribution in [-0.2, 0) is 9.59 Å². The maximum Gasteiger partial charge on any atom is 0.233 e. The molecule has 0 aliphatic heterocycles. The van der Waals surface area contributed by atoms with Crippen molar-refractivity contribution in [1.29, 1.82) is 0 Å². The molecule has 1 aliphatic rings. The van der Waals surface area contributed by atoms with Gasteiger partial charge in [-0.2, -0.15) is 0 Å². The molecular formula is C11H18BrNO2. The number of ketones is 1. The number of nitrogens with zero attached hydrogens (tertiary/aromatic N) is 1. The van der Waals surface area contributed by atoms with E-state index >= 15 is 0 Å². The molecule has 1 amide bonds. The molecule has 1 aliphatic carbocycles. The molecule has 0 bridgehead atoms. The lowest BCUT2D eigenvalue weighted by Gasteiger charge is -2.28. The maximum absolute atomic E-state index is 12.0. The first kappa shape index (κ1) is 12.7. The van der Waals surface area contributed by atoms with Gasteiger partial charge in [-0.05, 0) is 26.7 Å². The summed E-state index contributed by atoms with van der Waals surface area (Å²) in [5, 5.41) is 0. The van der Waals surface area contributed by atoms with Gasteiger partial charge in [-0.25, -0.2) is 0 Å². The van der Waals surface area contributed by atoms with Gasteiger partial charge in [0.05, 0.1) is 10.7 Å². The van der Waals surface area contributed by atoms with E-state index in [9.17, 15) is 9.59 Å². The molecule has 15 heavy (non-hydrogen) atoms. The molecule has 0 aromatic carbocycles. The molecule has 0 aromatic heterocycles. The van der Waals surface area contributed by atoms with Crippen LogP contribution in [0.1, 0.15) is 33.1 Å². The lowest BCUT2D eigenvalue weighted by molar-refractivity contribution is -0.142. The zero-order valence-corrected chi connectivity index (χ0v) is 10.9. The fourth-order valence-corrected chi connectivity index (χ4v) is 2.65. The highest BCUT2D eigenvalue weighted by Crippen LogP contribution is 2.27. The van der Waals surface area contributed by atoms with E-state index in [2.05, 4.69) is 15.9 Å². The molecule has 0 spiro atoms. The van der Waals surface area contributed by atoms with Gasteiger partial charge >= 0.3 is 0 Å². The second-order valence-corrected chi connectivity index (χ2v) is 4.97. The van der Waals surface area contributed by atoms with Gasteiger partial charge in [-0.15, -0.1) is 0 Å². The average Bonchev–Trinajstić information content (AvgIpc) is 2.23. The zero-order chi connectivity index (χ0) is 11.4. The van der Waals surface area contributed by atoms with Crippen molar-refractivity contribution in [2.75, 3.05) is 13.1 Å². The molecule has 0 N–H and O–H groups in total. The van der Waals surface area contributed by atoms with Crippen LogP contribution >= 0.6 is 15.9 Å². The van der Waals surface area contributed by atoms with Gasteiger partial charge in [0, 0.05) is 13.1 Å². The van der Waals surface area contributed by atoms with Gasteiger partial charge in [0.1, 0.15) is 0 Å². The Balaban J connectivity index is 2.69. The molecule has 1 rings (SSSR count). The van der Waals surface area contributed by atoms with E-state index in [-0.39, 0.29) is 16.5 Å². The number of Topliss-reactive ketones (excluding diaryl/α,β-unsaturated/α-hetero) is 1. The third-order valence-corrected chi connectivity index (χ3v) is 3.88. The van der Waals surface area contributed by atoms with E-state index in [1.54, 1.807) is 4.90 Å². The van der Waals surface area contributed by atoms with Crippen molar-refractivity contribution < 1.29 is 9.59 Å². The van der Waals surface area contributed by atoms with Crippen molar-refractivity contribution in [2.24, 2.45) is 5.92 Å². The molecule has 1 fully saturated rings. The summed E-state index contributed by atoms with van der Waals surface area (Å²) in [6.45, 7) is 5.26. The number of carbonyl (C=O) groups is 2. The standard InChI is InChI=1S/C11H18BrNO2/c1-3-13(4-2)11(15)8-6-5-7-9(12)10(8)14/h8-9H,3-7H2,1-2H3/t8-,9-/m0/s1. The van der Waals surface area contributed by atoms with E-state index in [1.165, 1.54) is 0 Å². The molecule has 0 heterocycles. The monoisotopic (exact) mass is 275 g/mol. The maximum atomic E-state index is 12.0. The first-order valence-corrected chi connectivity index (χ1v) is 6.49. The topological polar surface area (TPSA) is 37.4 Å². The van der Waals surface area contributed by atoms with Gasteiger partial charge in [0.15, 0.2) is 5.78 Å². The van der Waals surface area contributed by atoms with E-state index in [1.807, 2.05) is 13.8 Å². The lowest BCUT2D eigenvalue weighted by atomic mass is 9.87. The van der Waals surface area contributed by atoms with Crippen molar-refractivity contribution in [2.45, 2.75) is 37.9 Å². The van der Waals surface area contributed by atoms with Crippen molar-refractivity contribution >= 4 is 27.6 Å². The van der Waals surface area contributed by atoms with E-state index in [4.69, 9.17) is 0 Å². The summed E-state index contributed by atoms with van der Waals surface area (Å²) in [5.74, 6) is -0.324. The lowest BCUT2D eigenvalue weighted by Crippen LogP contribution is -2.43. The highest BCUT2D eigenvalue weighted by atomic mass is 79.9. The Labute approximate surface area is 99.3 Å². The predicted molar refractivity (Wildman–Crippen MR) is 63.0 cm³/mol. The highest BCUT2D eigenvalue weighted by Gasteiger charge is 2.35. The quantitative estimate of drug-likeness (QED) is 0.584. The molecule has 0 saturated heterocycles. The normalized spacial score (nSPS) is 26.5. The summed E-state index contributed by atoms with van der Waals surface area (Å²) < 4.78 is 0. The fourth-order valence-electron chi connectivity index (χ4n) is 2.00. The van der Waals surface area contributed by atoms with Crippen molar-refractivity contribution in [1.82, 2.24) is 4.90 Å². The van der Waals surface area contributed by atoms with Crippen molar-refractivity contribution in [3.63, 3.8) is 0 Å². The summed E-state index contributed by atoms with van der Waals surface area (Å²) in [6, 6.07) is 0. The molecular weight excluding hydrogens is 258 g/mol. The molecule has 4 heteroatoms. The number of alkyl halides is 1. The third kappa shape index (κ3) is 2.80. The minimum atomic E-state index is -0.400. The van der Waals surface area contributed by atoms with Crippen LogP contribution in [0.2, 0.25) is 0 Å². The van der Waals surface area contributed by atoms with Gasteiger partial charge < -0.3 is 4.90 Å². The van der Waals surface area contributed by atoms with Gasteiger partial charge in [-0.3, -0.25) is 9.59 Å². The molecule has 0 aromatic rings. The minimum Gasteiger partial charge on any atom is -0.343 e. The molecule has 1 saturated carbocycles. The molecule has 3 nitrogen and oxygen atoms in total. The van der Waals surface area contributed by atoms with Crippen LogP contribution in [0, 0.1) is 5.92 Å². The first-order valence-electron chi connectivity index (χ1n) is 5.58. The van der Waals surface area contributed by atoms with Gasteiger partial charge in [-0.1, -0.05) is 22.4 Å². The fraction of sp³-hybridized carbons (Fsp3) is 0.818. The highest BCUT2D eigenvalue weighted by molar-refractivity contribution is 9.10. The second-order valence-electron chi connectivity index (χ2n) is 3.86. The summed E-state index contributed by atoms with van der Waals surface area (Å²) in [4.78, 5) is 25.4. The first-order chi connectivity index (χ1) is 7.11. The van der Waals surface area contributed by atoms with E-state index in [0.29, 0.717) is 13.1 Å². The molecule has 0 radical (unpaired) electrons. The number of amides is 1. The van der Waals surface area contributed by atoms with Gasteiger partial charge in [0.25, 0.3) is 0 Å². The van der Waals surface area contributed by atoms with Crippen LogP contribution in [0.5, 0.6) is 0 Å². The summed E-state index contributed by atoms with van der Waals surface area (Å²) >= 11 is 3.34. The summed E-state index contributed by atoms with van der Waals surface area (Å²) in [5.41, 5.74) is 0. The summed E-state index contributed by atoms with van der Waals surface area (Å²) in [7, 11) is 0. The number of rotatable bonds is 3. The molecule has 0 unspecified atom stereocenters. The van der Waals surface area contributed by atoms with Crippen molar-refractivity contribution in [3.8, 4) is 0 Å². The Morgan fingerprint density at radius 1 is 1.40 bits per heavy atom.